The normalized spacial score (nSPS) is 10.2. The van der Waals surface area contributed by atoms with Crippen LogP contribution in [-0.2, 0) is 4.79 Å². The molecule has 3 aromatic rings. The minimum Gasteiger partial charge on any atom is -0.491 e. The van der Waals surface area contributed by atoms with Crippen molar-refractivity contribution in [2.45, 2.75) is 13.3 Å². The van der Waals surface area contributed by atoms with Crippen LogP contribution in [0.25, 0.3) is 0 Å². The average Bonchev–Trinajstić information content (AvgIpc) is 2.77. The SMILES string of the molecule is CCCOc1ccccc1NC(=O)COc1ccc(C(=O)c2ccccc2)cc1. The van der Waals surface area contributed by atoms with Gasteiger partial charge in [0.1, 0.15) is 11.5 Å². The number of hydrogen-bond donors (Lipinski definition) is 1. The number of carbonyl (C=O) groups is 2. The summed E-state index contributed by atoms with van der Waals surface area (Å²) in [6.07, 6.45) is 0.883. The van der Waals surface area contributed by atoms with E-state index in [1.165, 1.54) is 0 Å². The molecule has 0 saturated carbocycles. The van der Waals surface area contributed by atoms with Crippen LogP contribution >= 0.6 is 0 Å². The van der Waals surface area contributed by atoms with E-state index >= 15 is 0 Å². The van der Waals surface area contributed by atoms with Crippen molar-refractivity contribution in [3.63, 3.8) is 0 Å². The monoisotopic (exact) mass is 389 g/mol. The van der Waals surface area contributed by atoms with Crippen LogP contribution in [0.3, 0.4) is 0 Å². The molecule has 1 N–H and O–H groups in total. The number of para-hydroxylation sites is 2. The molecule has 0 aliphatic rings. The molecule has 0 atom stereocenters. The highest BCUT2D eigenvalue weighted by Crippen LogP contribution is 2.24. The van der Waals surface area contributed by atoms with Gasteiger partial charge < -0.3 is 14.8 Å². The molecule has 0 saturated heterocycles. The summed E-state index contributed by atoms with van der Waals surface area (Å²) < 4.78 is 11.2. The maximum atomic E-state index is 12.4. The summed E-state index contributed by atoms with van der Waals surface area (Å²) in [5.74, 6) is 0.798. The summed E-state index contributed by atoms with van der Waals surface area (Å²) in [5.41, 5.74) is 1.80. The molecular weight excluding hydrogens is 366 g/mol. The number of anilines is 1. The number of amides is 1. The summed E-state index contributed by atoms with van der Waals surface area (Å²) >= 11 is 0. The van der Waals surface area contributed by atoms with Crippen molar-refractivity contribution < 1.29 is 19.1 Å². The molecule has 148 valence electrons. The van der Waals surface area contributed by atoms with Gasteiger partial charge in [-0.05, 0) is 42.8 Å². The van der Waals surface area contributed by atoms with Crippen molar-refractivity contribution in [2.24, 2.45) is 0 Å². The standard InChI is InChI=1S/C24H23NO4/c1-2-16-28-22-11-7-6-10-21(22)25-23(26)17-29-20-14-12-19(13-15-20)24(27)18-8-4-3-5-9-18/h3-15H,2,16-17H2,1H3,(H,25,26). The highest BCUT2D eigenvalue weighted by Gasteiger charge is 2.10. The van der Waals surface area contributed by atoms with Crippen molar-refractivity contribution in [3.8, 4) is 11.5 Å². The van der Waals surface area contributed by atoms with Crippen LogP contribution < -0.4 is 14.8 Å². The maximum absolute atomic E-state index is 12.4. The van der Waals surface area contributed by atoms with E-state index in [-0.39, 0.29) is 18.3 Å². The molecule has 0 aromatic heterocycles. The van der Waals surface area contributed by atoms with E-state index < -0.39 is 0 Å². The van der Waals surface area contributed by atoms with Crippen LogP contribution in [0.4, 0.5) is 5.69 Å². The van der Waals surface area contributed by atoms with Gasteiger partial charge in [-0.3, -0.25) is 9.59 Å². The Morgan fingerprint density at radius 1 is 0.793 bits per heavy atom. The first-order valence-electron chi connectivity index (χ1n) is 9.51. The maximum Gasteiger partial charge on any atom is 0.262 e. The van der Waals surface area contributed by atoms with Gasteiger partial charge in [0, 0.05) is 11.1 Å². The Morgan fingerprint density at radius 3 is 2.17 bits per heavy atom. The molecule has 0 unspecified atom stereocenters. The van der Waals surface area contributed by atoms with Gasteiger partial charge in [0.2, 0.25) is 0 Å². The Morgan fingerprint density at radius 2 is 1.45 bits per heavy atom. The molecular formula is C24H23NO4. The second-order valence-electron chi connectivity index (χ2n) is 6.40. The molecule has 0 bridgehead atoms. The number of carbonyl (C=O) groups excluding carboxylic acids is 2. The topological polar surface area (TPSA) is 64.6 Å². The fourth-order valence-electron chi connectivity index (χ4n) is 2.70. The molecule has 5 heteroatoms. The zero-order valence-corrected chi connectivity index (χ0v) is 16.3. The Labute approximate surface area is 170 Å². The number of ether oxygens (including phenoxy) is 2. The smallest absolute Gasteiger partial charge is 0.262 e. The lowest BCUT2D eigenvalue weighted by Gasteiger charge is -2.12. The molecule has 0 spiro atoms. The van der Waals surface area contributed by atoms with Gasteiger partial charge in [-0.25, -0.2) is 0 Å². The molecule has 5 nitrogen and oxygen atoms in total. The quantitative estimate of drug-likeness (QED) is 0.538. The van der Waals surface area contributed by atoms with Gasteiger partial charge >= 0.3 is 0 Å². The van der Waals surface area contributed by atoms with E-state index in [0.29, 0.717) is 34.9 Å². The first-order valence-corrected chi connectivity index (χ1v) is 9.51. The molecule has 0 fully saturated rings. The third kappa shape index (κ3) is 5.69. The molecule has 0 aliphatic heterocycles. The highest BCUT2D eigenvalue weighted by atomic mass is 16.5. The average molecular weight is 389 g/mol. The predicted octanol–water partition coefficient (Wildman–Crippen LogP) is 4.72. The Bertz CT molecular complexity index is 952. The lowest BCUT2D eigenvalue weighted by Crippen LogP contribution is -2.20. The predicted molar refractivity (Wildman–Crippen MR) is 113 cm³/mol. The van der Waals surface area contributed by atoms with Gasteiger partial charge in [0.05, 0.1) is 12.3 Å². The van der Waals surface area contributed by atoms with Crippen molar-refractivity contribution >= 4 is 17.4 Å². The van der Waals surface area contributed by atoms with E-state index in [2.05, 4.69) is 5.32 Å². The van der Waals surface area contributed by atoms with Gasteiger partial charge in [0.25, 0.3) is 5.91 Å². The fraction of sp³-hybridized carbons (Fsp3) is 0.167. The van der Waals surface area contributed by atoms with E-state index in [1.54, 1.807) is 42.5 Å². The fourth-order valence-corrected chi connectivity index (χ4v) is 2.70. The van der Waals surface area contributed by atoms with E-state index in [1.807, 2.05) is 43.3 Å². The minimum atomic E-state index is -0.290. The van der Waals surface area contributed by atoms with E-state index in [0.717, 1.165) is 6.42 Å². The lowest BCUT2D eigenvalue weighted by molar-refractivity contribution is -0.118. The van der Waals surface area contributed by atoms with Crippen LogP contribution in [0.15, 0.2) is 78.9 Å². The van der Waals surface area contributed by atoms with Crippen LogP contribution in [0.5, 0.6) is 11.5 Å². The van der Waals surface area contributed by atoms with Crippen LogP contribution in [0.1, 0.15) is 29.3 Å². The summed E-state index contributed by atoms with van der Waals surface area (Å²) in [4.78, 5) is 24.6. The molecule has 0 radical (unpaired) electrons. The summed E-state index contributed by atoms with van der Waals surface area (Å²) in [5, 5.41) is 2.80. The zero-order chi connectivity index (χ0) is 20.5. The van der Waals surface area contributed by atoms with Crippen LogP contribution in [0, 0.1) is 0 Å². The largest absolute Gasteiger partial charge is 0.491 e. The van der Waals surface area contributed by atoms with Gasteiger partial charge in [-0.2, -0.15) is 0 Å². The van der Waals surface area contributed by atoms with Crippen molar-refractivity contribution in [1.29, 1.82) is 0 Å². The summed E-state index contributed by atoms with van der Waals surface area (Å²) in [6.45, 7) is 2.46. The lowest BCUT2D eigenvalue weighted by atomic mass is 10.0. The van der Waals surface area contributed by atoms with E-state index in [4.69, 9.17) is 9.47 Å². The number of hydrogen-bond acceptors (Lipinski definition) is 4. The van der Waals surface area contributed by atoms with Crippen molar-refractivity contribution in [1.82, 2.24) is 0 Å². The first-order chi connectivity index (χ1) is 14.2. The number of rotatable bonds is 9. The Balaban J connectivity index is 1.55. The van der Waals surface area contributed by atoms with E-state index in [9.17, 15) is 9.59 Å². The third-order valence-corrected chi connectivity index (χ3v) is 4.15. The van der Waals surface area contributed by atoms with Crippen molar-refractivity contribution in [3.05, 3.63) is 90.0 Å². The summed E-state index contributed by atoms with van der Waals surface area (Å²) in [6, 6.07) is 23.1. The summed E-state index contributed by atoms with van der Waals surface area (Å²) in [7, 11) is 0. The zero-order valence-electron chi connectivity index (χ0n) is 16.3. The van der Waals surface area contributed by atoms with Gasteiger partial charge in [0.15, 0.2) is 12.4 Å². The van der Waals surface area contributed by atoms with Crippen LogP contribution in [0.2, 0.25) is 0 Å². The molecule has 0 heterocycles. The number of benzene rings is 3. The molecule has 3 rings (SSSR count). The van der Waals surface area contributed by atoms with Crippen LogP contribution in [-0.4, -0.2) is 24.9 Å². The Kier molecular flexibility index (Phi) is 7.00. The molecule has 0 aliphatic carbocycles. The second-order valence-corrected chi connectivity index (χ2v) is 6.40. The molecule has 29 heavy (non-hydrogen) atoms. The third-order valence-electron chi connectivity index (χ3n) is 4.15. The highest BCUT2D eigenvalue weighted by molar-refractivity contribution is 6.09. The number of ketones is 1. The second kappa shape index (κ2) is 10.1. The van der Waals surface area contributed by atoms with Gasteiger partial charge in [-0.15, -0.1) is 0 Å². The molecule has 3 aromatic carbocycles. The van der Waals surface area contributed by atoms with Crippen molar-refractivity contribution in [2.75, 3.05) is 18.5 Å². The minimum absolute atomic E-state index is 0.0569. The molecule has 1 amide bonds. The first kappa shape index (κ1) is 20.1. The number of nitrogens with one attached hydrogen (secondary N) is 1. The van der Waals surface area contributed by atoms with Gasteiger partial charge in [-0.1, -0.05) is 49.4 Å². The Hall–Kier alpha value is -3.60.